The number of hydrogen-bond acceptors (Lipinski definition) is 3. The Kier molecular flexibility index (Phi) is 6.54. The lowest BCUT2D eigenvalue weighted by atomic mass is 10.1. The van der Waals surface area contributed by atoms with Crippen molar-refractivity contribution < 1.29 is 9.53 Å². The first-order valence-corrected chi connectivity index (χ1v) is 7.91. The van der Waals surface area contributed by atoms with E-state index in [0.29, 0.717) is 13.0 Å². The van der Waals surface area contributed by atoms with Gasteiger partial charge in [0.15, 0.2) is 0 Å². The number of rotatable bonds is 8. The van der Waals surface area contributed by atoms with Crippen LogP contribution in [-0.2, 0) is 4.79 Å². The molecule has 2 rings (SSSR count). The fraction of sp³-hybridized carbons (Fsp3) is 0.588. The van der Waals surface area contributed by atoms with E-state index in [1.54, 1.807) is 0 Å². The van der Waals surface area contributed by atoms with E-state index in [9.17, 15) is 4.79 Å². The van der Waals surface area contributed by atoms with Crippen molar-refractivity contribution in [2.45, 2.75) is 32.6 Å². The third-order valence-corrected chi connectivity index (χ3v) is 3.84. The van der Waals surface area contributed by atoms with E-state index in [4.69, 9.17) is 4.74 Å². The maximum atomic E-state index is 11.7. The predicted octanol–water partition coefficient (Wildman–Crippen LogP) is 2.27. The Balaban J connectivity index is 1.50. The van der Waals surface area contributed by atoms with E-state index in [1.807, 2.05) is 31.2 Å². The highest BCUT2D eigenvalue weighted by Gasteiger charge is 2.13. The molecule has 1 saturated heterocycles. The fourth-order valence-corrected chi connectivity index (χ4v) is 2.59. The summed E-state index contributed by atoms with van der Waals surface area (Å²) in [6.07, 6.45) is 3.61. The summed E-state index contributed by atoms with van der Waals surface area (Å²) < 4.78 is 5.63. The minimum absolute atomic E-state index is 0.133. The van der Waals surface area contributed by atoms with Crippen LogP contribution in [0.3, 0.4) is 0 Å². The molecule has 1 aromatic rings. The van der Waals surface area contributed by atoms with E-state index >= 15 is 0 Å². The highest BCUT2D eigenvalue weighted by atomic mass is 16.5. The Hall–Kier alpha value is -1.55. The molecule has 0 aromatic heterocycles. The van der Waals surface area contributed by atoms with Gasteiger partial charge in [0.1, 0.15) is 5.75 Å². The second-order valence-corrected chi connectivity index (χ2v) is 5.77. The van der Waals surface area contributed by atoms with Crippen molar-refractivity contribution in [1.29, 1.82) is 0 Å². The number of aryl methyl sites for hydroxylation is 1. The molecule has 21 heavy (non-hydrogen) atoms. The zero-order valence-electron chi connectivity index (χ0n) is 12.9. The van der Waals surface area contributed by atoms with Gasteiger partial charge in [0.25, 0.3) is 0 Å². The summed E-state index contributed by atoms with van der Waals surface area (Å²) in [6, 6.07) is 7.98. The van der Waals surface area contributed by atoms with Gasteiger partial charge >= 0.3 is 0 Å². The molecule has 2 N–H and O–H groups in total. The van der Waals surface area contributed by atoms with E-state index in [0.717, 1.165) is 44.1 Å². The number of carbonyl (C=O) groups excluding carboxylic acids is 1. The van der Waals surface area contributed by atoms with Crippen LogP contribution in [0.25, 0.3) is 0 Å². The summed E-state index contributed by atoms with van der Waals surface area (Å²) in [6.45, 7) is 5.64. The van der Waals surface area contributed by atoms with Crippen molar-refractivity contribution in [2.75, 3.05) is 26.2 Å². The Labute approximate surface area is 127 Å². The molecular weight excluding hydrogens is 264 g/mol. The van der Waals surface area contributed by atoms with Gasteiger partial charge in [-0.2, -0.15) is 0 Å². The molecule has 1 unspecified atom stereocenters. The van der Waals surface area contributed by atoms with Crippen molar-refractivity contribution in [3.63, 3.8) is 0 Å². The molecule has 1 heterocycles. The third kappa shape index (κ3) is 6.17. The predicted molar refractivity (Wildman–Crippen MR) is 84.5 cm³/mol. The first-order valence-electron chi connectivity index (χ1n) is 7.91. The quantitative estimate of drug-likeness (QED) is 0.722. The van der Waals surface area contributed by atoms with Gasteiger partial charge in [-0.1, -0.05) is 12.1 Å². The van der Waals surface area contributed by atoms with Crippen LogP contribution in [0.1, 0.15) is 31.2 Å². The van der Waals surface area contributed by atoms with Crippen LogP contribution in [0.4, 0.5) is 0 Å². The molecule has 4 nitrogen and oxygen atoms in total. The van der Waals surface area contributed by atoms with Crippen LogP contribution in [-0.4, -0.2) is 32.1 Å². The number of carbonyl (C=O) groups is 1. The first kappa shape index (κ1) is 15.8. The van der Waals surface area contributed by atoms with Gasteiger partial charge in [-0.3, -0.25) is 4.79 Å². The number of benzene rings is 1. The summed E-state index contributed by atoms with van der Waals surface area (Å²) in [5.41, 5.74) is 1.19. The third-order valence-electron chi connectivity index (χ3n) is 3.84. The lowest BCUT2D eigenvalue weighted by molar-refractivity contribution is -0.121. The average Bonchev–Trinajstić information content (AvgIpc) is 2.97. The molecule has 1 aliphatic heterocycles. The van der Waals surface area contributed by atoms with E-state index in [2.05, 4.69) is 10.6 Å². The van der Waals surface area contributed by atoms with Crippen molar-refractivity contribution >= 4 is 5.91 Å². The summed E-state index contributed by atoms with van der Waals surface area (Å²) in [5.74, 6) is 1.74. The molecule has 0 bridgehead atoms. The molecule has 0 radical (unpaired) electrons. The van der Waals surface area contributed by atoms with Crippen molar-refractivity contribution in [3.8, 4) is 5.75 Å². The molecule has 116 valence electrons. The smallest absolute Gasteiger partial charge is 0.220 e. The highest BCUT2D eigenvalue weighted by molar-refractivity contribution is 5.75. The minimum atomic E-state index is 0.133. The van der Waals surface area contributed by atoms with Gasteiger partial charge in [-0.05, 0) is 62.9 Å². The lowest BCUT2D eigenvalue weighted by Gasteiger charge is -2.10. The summed E-state index contributed by atoms with van der Waals surface area (Å²) >= 11 is 0. The highest BCUT2D eigenvalue weighted by Crippen LogP contribution is 2.13. The van der Waals surface area contributed by atoms with Crippen LogP contribution < -0.4 is 15.4 Å². The average molecular weight is 290 g/mol. The van der Waals surface area contributed by atoms with Crippen LogP contribution in [0.2, 0.25) is 0 Å². The van der Waals surface area contributed by atoms with Gasteiger partial charge < -0.3 is 15.4 Å². The van der Waals surface area contributed by atoms with Gasteiger partial charge in [0.2, 0.25) is 5.91 Å². The maximum Gasteiger partial charge on any atom is 0.220 e. The zero-order chi connectivity index (χ0) is 14.9. The molecule has 1 fully saturated rings. The molecule has 0 aliphatic carbocycles. The Morgan fingerprint density at radius 2 is 2.38 bits per heavy atom. The molecule has 4 heteroatoms. The normalized spacial score (nSPS) is 17.7. The molecule has 1 atom stereocenters. The van der Waals surface area contributed by atoms with Gasteiger partial charge in [0, 0.05) is 13.0 Å². The number of ether oxygens (including phenoxy) is 1. The van der Waals surface area contributed by atoms with Crippen LogP contribution >= 0.6 is 0 Å². The van der Waals surface area contributed by atoms with Gasteiger partial charge in [-0.25, -0.2) is 0 Å². The largest absolute Gasteiger partial charge is 0.494 e. The first-order chi connectivity index (χ1) is 10.2. The van der Waals surface area contributed by atoms with E-state index in [1.165, 1.54) is 12.0 Å². The SMILES string of the molecule is Cc1cccc(OCCCC(=O)NCCC2CCNC2)c1. The van der Waals surface area contributed by atoms with Gasteiger partial charge in [-0.15, -0.1) is 0 Å². The number of nitrogens with one attached hydrogen (secondary N) is 2. The molecule has 0 spiro atoms. The summed E-state index contributed by atoms with van der Waals surface area (Å²) in [4.78, 5) is 11.7. The maximum absolute atomic E-state index is 11.7. The summed E-state index contributed by atoms with van der Waals surface area (Å²) in [5, 5.41) is 6.34. The van der Waals surface area contributed by atoms with Crippen molar-refractivity contribution in [3.05, 3.63) is 29.8 Å². The van der Waals surface area contributed by atoms with Crippen LogP contribution in [0.5, 0.6) is 5.75 Å². The van der Waals surface area contributed by atoms with Crippen molar-refractivity contribution in [1.82, 2.24) is 10.6 Å². The minimum Gasteiger partial charge on any atom is -0.494 e. The Morgan fingerprint density at radius 3 is 3.14 bits per heavy atom. The Bertz CT molecular complexity index is 442. The summed E-state index contributed by atoms with van der Waals surface area (Å²) in [7, 11) is 0. The van der Waals surface area contributed by atoms with Crippen molar-refractivity contribution in [2.24, 2.45) is 5.92 Å². The van der Waals surface area contributed by atoms with E-state index in [-0.39, 0.29) is 5.91 Å². The fourth-order valence-electron chi connectivity index (χ4n) is 2.59. The second-order valence-electron chi connectivity index (χ2n) is 5.77. The zero-order valence-corrected chi connectivity index (χ0v) is 12.9. The second kappa shape index (κ2) is 8.67. The Morgan fingerprint density at radius 1 is 1.48 bits per heavy atom. The van der Waals surface area contributed by atoms with Crippen LogP contribution in [0, 0.1) is 12.8 Å². The molecule has 0 saturated carbocycles. The standard InChI is InChI=1S/C17H26N2O2/c1-14-4-2-5-16(12-14)21-11-3-6-17(20)19-10-8-15-7-9-18-13-15/h2,4-5,12,15,18H,3,6-11,13H2,1H3,(H,19,20). The topological polar surface area (TPSA) is 50.4 Å². The van der Waals surface area contributed by atoms with E-state index < -0.39 is 0 Å². The molecular formula is C17H26N2O2. The monoisotopic (exact) mass is 290 g/mol. The number of hydrogen-bond donors (Lipinski definition) is 2. The molecule has 1 amide bonds. The number of amides is 1. The van der Waals surface area contributed by atoms with Crippen LogP contribution in [0.15, 0.2) is 24.3 Å². The molecule has 1 aromatic carbocycles. The molecule has 1 aliphatic rings. The van der Waals surface area contributed by atoms with Gasteiger partial charge in [0.05, 0.1) is 6.61 Å². The lowest BCUT2D eigenvalue weighted by Crippen LogP contribution is -2.26.